The highest BCUT2D eigenvalue weighted by atomic mass is 19.4. The Kier molecular flexibility index (Phi) is 5.85. The topological polar surface area (TPSA) is 85.2 Å². The van der Waals surface area contributed by atoms with Crippen molar-refractivity contribution in [1.82, 2.24) is 20.2 Å². The molecule has 1 amide bonds. The first kappa shape index (κ1) is 20.8. The molecule has 8 nitrogen and oxygen atoms in total. The van der Waals surface area contributed by atoms with Crippen molar-refractivity contribution in [3.8, 4) is 11.4 Å². The third-order valence-electron chi connectivity index (χ3n) is 4.71. The lowest BCUT2D eigenvalue weighted by atomic mass is 10.2. The molecule has 0 aliphatic carbocycles. The number of anilines is 2. The number of carbonyl (C=O) groups is 1. The number of carbonyl (C=O) groups excluding carboxylic acids is 1. The van der Waals surface area contributed by atoms with Crippen molar-refractivity contribution in [2.45, 2.75) is 12.7 Å². The van der Waals surface area contributed by atoms with E-state index in [2.05, 4.69) is 25.6 Å². The van der Waals surface area contributed by atoms with Gasteiger partial charge in [-0.2, -0.15) is 18.0 Å². The second kappa shape index (κ2) is 8.72. The minimum absolute atomic E-state index is 0.0406. The zero-order chi connectivity index (χ0) is 21.8. The molecule has 4 rings (SSSR count). The molecular formula is C20H19F3N6O2. The molecule has 3 aromatic rings. The molecule has 0 unspecified atom stereocenters. The summed E-state index contributed by atoms with van der Waals surface area (Å²) in [6.45, 7) is 2.76. The van der Waals surface area contributed by atoms with E-state index >= 15 is 0 Å². The van der Waals surface area contributed by atoms with Gasteiger partial charge < -0.3 is 15.0 Å². The monoisotopic (exact) mass is 432 g/mol. The SMILES string of the molecule is O=C(Cn1nnc(-c2ccc(N3CCOCC3)cc2)n1)Nc1cccc(C(F)(F)F)c1. The summed E-state index contributed by atoms with van der Waals surface area (Å²) in [5, 5.41) is 14.4. The van der Waals surface area contributed by atoms with Crippen molar-refractivity contribution in [3.05, 3.63) is 54.1 Å². The van der Waals surface area contributed by atoms with Crippen molar-refractivity contribution >= 4 is 17.3 Å². The molecule has 2 aromatic carbocycles. The number of halogens is 3. The van der Waals surface area contributed by atoms with Gasteiger partial charge in [-0.3, -0.25) is 4.79 Å². The van der Waals surface area contributed by atoms with Crippen LogP contribution in [0.4, 0.5) is 24.5 Å². The highest BCUT2D eigenvalue weighted by Crippen LogP contribution is 2.30. The van der Waals surface area contributed by atoms with Gasteiger partial charge in [0.1, 0.15) is 6.54 Å². The van der Waals surface area contributed by atoms with Gasteiger partial charge in [-0.1, -0.05) is 6.07 Å². The van der Waals surface area contributed by atoms with Gasteiger partial charge in [0.05, 0.1) is 18.8 Å². The molecule has 0 atom stereocenters. The second-order valence-electron chi connectivity index (χ2n) is 6.92. The molecule has 31 heavy (non-hydrogen) atoms. The Morgan fingerprint density at radius 1 is 1.10 bits per heavy atom. The van der Waals surface area contributed by atoms with Crippen LogP contribution in [-0.2, 0) is 22.3 Å². The molecule has 1 aromatic heterocycles. The molecule has 1 aliphatic heterocycles. The maximum Gasteiger partial charge on any atom is 0.416 e. The highest BCUT2D eigenvalue weighted by molar-refractivity contribution is 5.90. The Morgan fingerprint density at radius 2 is 1.84 bits per heavy atom. The molecule has 2 heterocycles. The number of aromatic nitrogens is 4. The Balaban J connectivity index is 1.38. The van der Waals surface area contributed by atoms with Crippen LogP contribution in [0.2, 0.25) is 0 Å². The lowest BCUT2D eigenvalue weighted by molar-refractivity contribution is -0.137. The summed E-state index contributed by atoms with van der Waals surface area (Å²) in [5.41, 5.74) is 1.01. The molecule has 0 saturated carbocycles. The van der Waals surface area contributed by atoms with Crippen LogP contribution in [0.1, 0.15) is 5.56 Å². The Morgan fingerprint density at radius 3 is 2.55 bits per heavy atom. The first-order valence-corrected chi connectivity index (χ1v) is 9.56. The minimum atomic E-state index is -4.49. The van der Waals surface area contributed by atoms with E-state index in [1.54, 1.807) is 0 Å². The number of hydrogen-bond donors (Lipinski definition) is 1. The van der Waals surface area contributed by atoms with E-state index in [-0.39, 0.29) is 12.2 Å². The lowest BCUT2D eigenvalue weighted by Crippen LogP contribution is -2.36. The fourth-order valence-corrected chi connectivity index (χ4v) is 3.17. The van der Waals surface area contributed by atoms with Crippen molar-refractivity contribution in [2.75, 3.05) is 36.5 Å². The van der Waals surface area contributed by atoms with Crippen molar-refractivity contribution in [3.63, 3.8) is 0 Å². The van der Waals surface area contributed by atoms with Crippen LogP contribution in [0.5, 0.6) is 0 Å². The molecule has 162 valence electrons. The first-order chi connectivity index (χ1) is 14.9. The molecule has 11 heteroatoms. The summed E-state index contributed by atoms with van der Waals surface area (Å²) in [7, 11) is 0. The van der Waals surface area contributed by atoms with Crippen LogP contribution in [0.15, 0.2) is 48.5 Å². The Bertz CT molecular complexity index is 1050. The van der Waals surface area contributed by atoms with Crippen molar-refractivity contribution in [1.29, 1.82) is 0 Å². The van der Waals surface area contributed by atoms with E-state index in [4.69, 9.17) is 4.74 Å². The average molecular weight is 432 g/mol. The van der Waals surface area contributed by atoms with Gasteiger partial charge in [-0.15, -0.1) is 10.2 Å². The number of amides is 1. The number of nitrogens with zero attached hydrogens (tertiary/aromatic N) is 5. The molecule has 1 saturated heterocycles. The molecule has 0 bridgehead atoms. The summed E-state index contributed by atoms with van der Waals surface area (Å²) >= 11 is 0. The van der Waals surface area contributed by atoms with Gasteiger partial charge in [0.25, 0.3) is 0 Å². The number of tetrazole rings is 1. The fraction of sp³-hybridized carbons (Fsp3) is 0.300. The van der Waals surface area contributed by atoms with Gasteiger partial charge in [0.15, 0.2) is 0 Å². The summed E-state index contributed by atoms with van der Waals surface area (Å²) in [6, 6.07) is 12.1. The van der Waals surface area contributed by atoms with Crippen molar-refractivity contribution in [2.24, 2.45) is 0 Å². The van der Waals surface area contributed by atoms with Crippen LogP contribution < -0.4 is 10.2 Å². The maximum atomic E-state index is 12.8. The summed E-state index contributed by atoms with van der Waals surface area (Å²) in [5.74, 6) is -0.216. The normalized spacial score (nSPS) is 14.5. The van der Waals surface area contributed by atoms with Gasteiger partial charge in [-0.05, 0) is 47.7 Å². The molecule has 1 N–H and O–H groups in total. The molecule has 1 aliphatic rings. The van der Waals surface area contributed by atoms with Crippen LogP contribution >= 0.6 is 0 Å². The number of morpholine rings is 1. The molecular weight excluding hydrogens is 413 g/mol. The molecule has 0 spiro atoms. The predicted octanol–water partition coefficient (Wildman–Crippen LogP) is 2.83. The number of benzene rings is 2. The van der Waals surface area contributed by atoms with Gasteiger partial charge >= 0.3 is 6.18 Å². The third-order valence-corrected chi connectivity index (χ3v) is 4.71. The Labute approximate surface area is 175 Å². The van der Waals surface area contributed by atoms with E-state index < -0.39 is 17.6 Å². The number of rotatable bonds is 5. The zero-order valence-corrected chi connectivity index (χ0v) is 16.3. The second-order valence-corrected chi connectivity index (χ2v) is 6.92. The van der Waals surface area contributed by atoms with Crippen LogP contribution in [-0.4, -0.2) is 52.4 Å². The quantitative estimate of drug-likeness (QED) is 0.668. The molecule has 0 radical (unpaired) electrons. The lowest BCUT2D eigenvalue weighted by Gasteiger charge is -2.28. The van der Waals surface area contributed by atoms with Crippen LogP contribution in [0, 0.1) is 0 Å². The van der Waals surface area contributed by atoms with E-state index in [0.717, 1.165) is 41.3 Å². The minimum Gasteiger partial charge on any atom is -0.378 e. The van der Waals surface area contributed by atoms with E-state index in [9.17, 15) is 18.0 Å². The van der Waals surface area contributed by atoms with Gasteiger partial charge in [0, 0.05) is 30.0 Å². The van der Waals surface area contributed by atoms with E-state index in [0.29, 0.717) is 19.0 Å². The third kappa shape index (κ3) is 5.18. The Hall–Kier alpha value is -3.47. The summed E-state index contributed by atoms with van der Waals surface area (Å²) in [6.07, 6.45) is -4.49. The summed E-state index contributed by atoms with van der Waals surface area (Å²) in [4.78, 5) is 15.5. The first-order valence-electron chi connectivity index (χ1n) is 9.56. The molecule has 1 fully saturated rings. The van der Waals surface area contributed by atoms with E-state index in [1.807, 2.05) is 24.3 Å². The van der Waals surface area contributed by atoms with Gasteiger partial charge in [-0.25, -0.2) is 0 Å². The van der Waals surface area contributed by atoms with Gasteiger partial charge in [0.2, 0.25) is 11.7 Å². The highest BCUT2D eigenvalue weighted by Gasteiger charge is 2.30. The van der Waals surface area contributed by atoms with E-state index in [1.165, 1.54) is 12.1 Å². The van der Waals surface area contributed by atoms with Crippen LogP contribution in [0.3, 0.4) is 0 Å². The number of alkyl halides is 3. The number of ether oxygens (including phenoxy) is 1. The fourth-order valence-electron chi connectivity index (χ4n) is 3.17. The maximum absolute atomic E-state index is 12.8. The average Bonchev–Trinajstić information content (AvgIpc) is 3.22. The van der Waals surface area contributed by atoms with Crippen LogP contribution in [0.25, 0.3) is 11.4 Å². The largest absolute Gasteiger partial charge is 0.416 e. The summed E-state index contributed by atoms with van der Waals surface area (Å²) < 4.78 is 43.7. The zero-order valence-electron chi connectivity index (χ0n) is 16.3. The predicted molar refractivity (Wildman–Crippen MR) is 106 cm³/mol. The number of nitrogens with one attached hydrogen (secondary N) is 1. The standard InChI is InChI=1S/C20H19F3N6O2/c21-20(22,23)15-2-1-3-16(12-15)24-18(30)13-29-26-19(25-27-29)14-4-6-17(7-5-14)28-8-10-31-11-9-28/h1-7,12H,8-11,13H2,(H,24,30). The smallest absolute Gasteiger partial charge is 0.378 e. The van der Waals surface area contributed by atoms with Crippen molar-refractivity contribution < 1.29 is 22.7 Å². The number of hydrogen-bond acceptors (Lipinski definition) is 6.